The number of rotatable bonds is 1. The fourth-order valence-electron chi connectivity index (χ4n) is 1.76. The lowest BCUT2D eigenvalue weighted by Crippen LogP contribution is -2.29. The minimum absolute atomic E-state index is 0.0856. The first-order chi connectivity index (χ1) is 7.59. The number of hydrogen-bond donors (Lipinski definition) is 0. The van der Waals surface area contributed by atoms with E-state index < -0.39 is 0 Å². The summed E-state index contributed by atoms with van der Waals surface area (Å²) in [6.45, 7) is 1.46. The Labute approximate surface area is 113 Å². The summed E-state index contributed by atoms with van der Waals surface area (Å²) < 4.78 is 0. The van der Waals surface area contributed by atoms with Crippen molar-refractivity contribution in [3.63, 3.8) is 0 Å². The molecule has 0 N–H and O–H groups in total. The normalized spacial score (nSPS) is 20.2. The molecule has 0 aromatic heterocycles. The molecule has 16 heavy (non-hydrogen) atoms. The fourth-order valence-corrected chi connectivity index (χ4v) is 2.88. The largest absolute Gasteiger partial charge is 0.337 e. The van der Waals surface area contributed by atoms with Crippen LogP contribution in [-0.4, -0.2) is 28.7 Å². The molecule has 0 aliphatic carbocycles. The van der Waals surface area contributed by atoms with Crippen molar-refractivity contribution < 1.29 is 4.79 Å². The van der Waals surface area contributed by atoms with Crippen LogP contribution < -0.4 is 0 Å². The fraction of sp³-hybridized carbons (Fsp3) is 0.364. The molecule has 0 spiro atoms. The zero-order chi connectivity index (χ0) is 11.7. The van der Waals surface area contributed by atoms with E-state index in [2.05, 4.69) is 15.9 Å². The van der Waals surface area contributed by atoms with Crippen molar-refractivity contribution in [1.82, 2.24) is 4.90 Å². The number of nitrogens with zero attached hydrogens (tertiary/aromatic N) is 1. The average Bonchev–Trinajstić information content (AvgIpc) is 2.64. The first kappa shape index (κ1) is 12.2. The topological polar surface area (TPSA) is 20.3 Å². The lowest BCUT2D eigenvalue weighted by molar-refractivity contribution is 0.0794. The molecule has 1 unspecified atom stereocenters. The number of likely N-dealkylation sites (tertiary alicyclic amines) is 1. The van der Waals surface area contributed by atoms with Gasteiger partial charge in [0.05, 0.1) is 15.6 Å². The van der Waals surface area contributed by atoms with Gasteiger partial charge in [-0.1, -0.05) is 45.2 Å². The van der Waals surface area contributed by atoms with Crippen molar-refractivity contribution in [2.45, 2.75) is 11.2 Å². The highest BCUT2D eigenvalue weighted by atomic mass is 79.9. The van der Waals surface area contributed by atoms with E-state index in [0.717, 1.165) is 13.0 Å². The predicted molar refractivity (Wildman–Crippen MR) is 69.7 cm³/mol. The zero-order valence-electron chi connectivity index (χ0n) is 8.42. The number of benzene rings is 1. The van der Waals surface area contributed by atoms with E-state index in [9.17, 15) is 4.79 Å². The molecule has 1 aliphatic rings. The molecular formula is C11H10BrCl2NO. The molecule has 2 nitrogen and oxygen atoms in total. The molecule has 1 heterocycles. The predicted octanol–water partition coefficient (Wildman–Crippen LogP) is 3.60. The first-order valence-electron chi connectivity index (χ1n) is 4.97. The zero-order valence-corrected chi connectivity index (χ0v) is 11.5. The first-order valence-corrected chi connectivity index (χ1v) is 6.64. The molecule has 1 aromatic rings. The maximum absolute atomic E-state index is 12.2. The van der Waals surface area contributed by atoms with Crippen LogP contribution in [-0.2, 0) is 0 Å². The maximum Gasteiger partial charge on any atom is 0.256 e. The SMILES string of the molecule is O=C(c1c(Cl)cccc1Cl)N1CCC(Br)C1. The van der Waals surface area contributed by atoms with Crippen molar-refractivity contribution in [1.29, 1.82) is 0 Å². The number of hydrogen-bond acceptors (Lipinski definition) is 1. The van der Waals surface area contributed by atoms with Crippen LogP contribution >= 0.6 is 39.1 Å². The third kappa shape index (κ3) is 2.36. The summed E-state index contributed by atoms with van der Waals surface area (Å²) in [6, 6.07) is 5.10. The van der Waals surface area contributed by atoms with Gasteiger partial charge in [0, 0.05) is 17.9 Å². The summed E-state index contributed by atoms with van der Waals surface area (Å²) in [4.78, 5) is 14.3. The lowest BCUT2D eigenvalue weighted by atomic mass is 10.2. The van der Waals surface area contributed by atoms with Gasteiger partial charge < -0.3 is 4.90 Å². The van der Waals surface area contributed by atoms with Crippen LogP contribution in [0.4, 0.5) is 0 Å². The van der Waals surface area contributed by atoms with Crippen molar-refractivity contribution in [3.05, 3.63) is 33.8 Å². The summed E-state index contributed by atoms with van der Waals surface area (Å²) in [7, 11) is 0. The second-order valence-electron chi connectivity index (χ2n) is 3.73. The summed E-state index contributed by atoms with van der Waals surface area (Å²) in [5.74, 6) is -0.0856. The van der Waals surface area contributed by atoms with Gasteiger partial charge in [-0.2, -0.15) is 0 Å². The molecule has 1 aliphatic heterocycles. The van der Waals surface area contributed by atoms with Crippen LogP contribution in [0.5, 0.6) is 0 Å². The van der Waals surface area contributed by atoms with E-state index in [0.29, 0.717) is 27.0 Å². The Kier molecular flexibility index (Phi) is 3.77. The Hall–Kier alpha value is -0.250. The van der Waals surface area contributed by atoms with Crippen LogP contribution in [0.15, 0.2) is 18.2 Å². The highest BCUT2D eigenvalue weighted by molar-refractivity contribution is 9.09. The van der Waals surface area contributed by atoms with E-state index >= 15 is 0 Å². The van der Waals surface area contributed by atoms with Crippen molar-refractivity contribution in [3.8, 4) is 0 Å². The van der Waals surface area contributed by atoms with Gasteiger partial charge in [-0.3, -0.25) is 4.79 Å². The van der Waals surface area contributed by atoms with E-state index in [1.165, 1.54) is 0 Å². The molecule has 1 saturated heterocycles. The molecule has 0 saturated carbocycles. The molecule has 0 bridgehead atoms. The highest BCUT2D eigenvalue weighted by Gasteiger charge is 2.27. The number of carbonyl (C=O) groups excluding carboxylic acids is 1. The molecule has 86 valence electrons. The van der Waals surface area contributed by atoms with Crippen LogP contribution in [0.3, 0.4) is 0 Å². The monoisotopic (exact) mass is 321 g/mol. The Morgan fingerprint density at radius 1 is 1.38 bits per heavy atom. The summed E-state index contributed by atoms with van der Waals surface area (Å²) in [5, 5.41) is 0.825. The number of carbonyl (C=O) groups is 1. The van der Waals surface area contributed by atoms with E-state index in [-0.39, 0.29) is 5.91 Å². The van der Waals surface area contributed by atoms with Gasteiger partial charge >= 0.3 is 0 Å². The summed E-state index contributed by atoms with van der Waals surface area (Å²) in [6.07, 6.45) is 0.966. The molecule has 1 atom stereocenters. The Morgan fingerprint density at radius 2 is 2.00 bits per heavy atom. The summed E-state index contributed by atoms with van der Waals surface area (Å²) in [5.41, 5.74) is 0.410. The van der Waals surface area contributed by atoms with Gasteiger partial charge in [0.2, 0.25) is 0 Å². The molecule has 1 aromatic carbocycles. The van der Waals surface area contributed by atoms with E-state index in [4.69, 9.17) is 23.2 Å². The summed E-state index contributed by atoms with van der Waals surface area (Å²) >= 11 is 15.5. The number of amides is 1. The third-order valence-corrected chi connectivity index (χ3v) is 3.97. The Morgan fingerprint density at radius 3 is 2.50 bits per heavy atom. The van der Waals surface area contributed by atoms with Crippen LogP contribution in [0, 0.1) is 0 Å². The van der Waals surface area contributed by atoms with E-state index in [1.54, 1.807) is 23.1 Å². The third-order valence-electron chi connectivity index (χ3n) is 2.59. The number of alkyl halides is 1. The van der Waals surface area contributed by atoms with Gasteiger partial charge in [-0.05, 0) is 18.6 Å². The van der Waals surface area contributed by atoms with Crippen LogP contribution in [0.25, 0.3) is 0 Å². The van der Waals surface area contributed by atoms with Gasteiger partial charge in [-0.25, -0.2) is 0 Å². The molecule has 5 heteroatoms. The lowest BCUT2D eigenvalue weighted by Gasteiger charge is -2.17. The average molecular weight is 323 g/mol. The van der Waals surface area contributed by atoms with Gasteiger partial charge in [-0.15, -0.1) is 0 Å². The standard InChI is InChI=1S/C11H10BrCl2NO/c12-7-4-5-15(6-7)11(16)10-8(13)2-1-3-9(10)14/h1-3,7H,4-6H2. The Balaban J connectivity index is 2.27. The Bertz CT molecular complexity index is 404. The molecule has 1 fully saturated rings. The van der Waals surface area contributed by atoms with Gasteiger partial charge in [0.15, 0.2) is 0 Å². The van der Waals surface area contributed by atoms with Gasteiger partial charge in [0.1, 0.15) is 0 Å². The molecule has 0 radical (unpaired) electrons. The van der Waals surface area contributed by atoms with Crippen molar-refractivity contribution >= 4 is 45.0 Å². The number of halogens is 3. The molecule has 1 amide bonds. The smallest absolute Gasteiger partial charge is 0.256 e. The van der Waals surface area contributed by atoms with E-state index in [1.807, 2.05) is 0 Å². The molecule has 2 rings (SSSR count). The van der Waals surface area contributed by atoms with Crippen molar-refractivity contribution in [2.75, 3.05) is 13.1 Å². The van der Waals surface area contributed by atoms with Crippen LogP contribution in [0.1, 0.15) is 16.8 Å². The second-order valence-corrected chi connectivity index (χ2v) is 5.84. The van der Waals surface area contributed by atoms with Gasteiger partial charge in [0.25, 0.3) is 5.91 Å². The van der Waals surface area contributed by atoms with Crippen molar-refractivity contribution in [2.24, 2.45) is 0 Å². The minimum Gasteiger partial charge on any atom is -0.337 e. The second kappa shape index (κ2) is 4.94. The highest BCUT2D eigenvalue weighted by Crippen LogP contribution is 2.27. The maximum atomic E-state index is 12.2. The minimum atomic E-state index is -0.0856. The molecular weight excluding hydrogens is 313 g/mol. The van der Waals surface area contributed by atoms with Crippen LogP contribution in [0.2, 0.25) is 10.0 Å². The quantitative estimate of drug-likeness (QED) is 0.723.